The fraction of sp³-hybridized carbons (Fsp3) is 0.154. The first-order chi connectivity index (χ1) is 17.1. The van der Waals surface area contributed by atoms with E-state index in [0.29, 0.717) is 22.8 Å². The monoisotopic (exact) mass is 487 g/mol. The van der Waals surface area contributed by atoms with E-state index in [1.54, 1.807) is 18.2 Å². The largest absolute Gasteiger partial charge is 0.483 e. The molecule has 2 aromatic heterocycles. The zero-order valence-electron chi connectivity index (χ0n) is 19.1. The van der Waals surface area contributed by atoms with Crippen molar-refractivity contribution < 1.29 is 13.5 Å². The van der Waals surface area contributed by atoms with Gasteiger partial charge in [-0.05, 0) is 50.2 Å². The van der Waals surface area contributed by atoms with Gasteiger partial charge in [-0.3, -0.25) is 4.57 Å². The lowest BCUT2D eigenvalue weighted by molar-refractivity contribution is 0.278. The van der Waals surface area contributed by atoms with Gasteiger partial charge in [-0.25, -0.2) is 4.39 Å². The van der Waals surface area contributed by atoms with Gasteiger partial charge in [0, 0.05) is 11.3 Å². The molecule has 0 radical (unpaired) electrons. The summed E-state index contributed by atoms with van der Waals surface area (Å²) in [6.07, 6.45) is 0. The summed E-state index contributed by atoms with van der Waals surface area (Å²) in [7, 11) is 0. The summed E-state index contributed by atoms with van der Waals surface area (Å²) in [5.41, 5.74) is 2.89. The van der Waals surface area contributed by atoms with Crippen molar-refractivity contribution in [2.24, 2.45) is 0 Å². The van der Waals surface area contributed by atoms with Crippen LogP contribution in [0.4, 0.5) is 4.39 Å². The van der Waals surface area contributed by atoms with E-state index < -0.39 is 5.82 Å². The predicted octanol–water partition coefficient (Wildman–Crippen LogP) is 6.20. The van der Waals surface area contributed by atoms with Gasteiger partial charge in [-0.2, -0.15) is 0 Å². The van der Waals surface area contributed by atoms with Crippen molar-refractivity contribution >= 4 is 11.8 Å². The third-order valence-corrected chi connectivity index (χ3v) is 6.31. The van der Waals surface area contributed by atoms with Crippen LogP contribution in [0, 0.1) is 12.7 Å². The van der Waals surface area contributed by atoms with Gasteiger partial charge in [0.15, 0.2) is 22.5 Å². The molecule has 1 unspecified atom stereocenters. The number of thioether (sulfide) groups is 1. The second-order valence-corrected chi connectivity index (χ2v) is 9.17. The molecule has 2 heterocycles. The average molecular weight is 488 g/mol. The maximum Gasteiger partial charge on any atom is 0.247 e. The van der Waals surface area contributed by atoms with Crippen LogP contribution in [0.15, 0.2) is 88.4 Å². The van der Waals surface area contributed by atoms with E-state index in [1.807, 2.05) is 73.0 Å². The van der Waals surface area contributed by atoms with Gasteiger partial charge in [0.05, 0.1) is 5.25 Å². The SMILES string of the molecule is Cc1ccc(-c2nnc(C(C)Sc3nnc(COc4ccccc4F)n3-c3ccccc3)o2)cc1. The molecule has 3 aromatic carbocycles. The van der Waals surface area contributed by atoms with E-state index in [1.165, 1.54) is 17.8 Å². The molecule has 0 saturated heterocycles. The number of hydrogen-bond acceptors (Lipinski definition) is 7. The minimum Gasteiger partial charge on any atom is -0.483 e. The van der Waals surface area contributed by atoms with Crippen molar-refractivity contribution in [1.29, 1.82) is 0 Å². The highest BCUT2D eigenvalue weighted by Gasteiger charge is 2.22. The van der Waals surface area contributed by atoms with Crippen LogP contribution in [-0.4, -0.2) is 25.0 Å². The number of aromatic nitrogens is 5. The molecule has 176 valence electrons. The Balaban J connectivity index is 1.39. The summed E-state index contributed by atoms with van der Waals surface area (Å²) in [5.74, 6) is 1.22. The highest BCUT2D eigenvalue weighted by atomic mass is 32.2. The maximum absolute atomic E-state index is 14.0. The Labute approximate surface area is 206 Å². The molecule has 0 N–H and O–H groups in total. The first-order valence-corrected chi connectivity index (χ1v) is 11.9. The van der Waals surface area contributed by atoms with Gasteiger partial charge in [0.25, 0.3) is 0 Å². The summed E-state index contributed by atoms with van der Waals surface area (Å²) >= 11 is 1.44. The van der Waals surface area contributed by atoms with Gasteiger partial charge in [-0.1, -0.05) is 59.8 Å². The zero-order valence-corrected chi connectivity index (χ0v) is 19.9. The summed E-state index contributed by atoms with van der Waals surface area (Å²) in [6, 6.07) is 23.9. The third kappa shape index (κ3) is 5.09. The van der Waals surface area contributed by atoms with E-state index in [0.717, 1.165) is 16.8 Å². The molecule has 1 atom stereocenters. The van der Waals surface area contributed by atoms with Crippen molar-refractivity contribution in [1.82, 2.24) is 25.0 Å². The van der Waals surface area contributed by atoms with Crippen LogP contribution in [0.25, 0.3) is 17.1 Å². The van der Waals surface area contributed by atoms with Gasteiger partial charge < -0.3 is 9.15 Å². The van der Waals surface area contributed by atoms with Crippen molar-refractivity contribution in [3.63, 3.8) is 0 Å². The van der Waals surface area contributed by atoms with Gasteiger partial charge in [0.2, 0.25) is 11.8 Å². The van der Waals surface area contributed by atoms with E-state index >= 15 is 0 Å². The van der Waals surface area contributed by atoms with Crippen LogP contribution in [0.2, 0.25) is 0 Å². The molecule has 0 fully saturated rings. The third-order valence-electron chi connectivity index (χ3n) is 5.28. The fourth-order valence-electron chi connectivity index (χ4n) is 3.43. The summed E-state index contributed by atoms with van der Waals surface area (Å²) in [4.78, 5) is 0. The van der Waals surface area contributed by atoms with E-state index in [2.05, 4.69) is 20.4 Å². The van der Waals surface area contributed by atoms with Crippen LogP contribution < -0.4 is 4.74 Å². The van der Waals surface area contributed by atoms with Crippen LogP contribution >= 0.6 is 11.8 Å². The molecular formula is C26H22FN5O2S. The highest BCUT2D eigenvalue weighted by molar-refractivity contribution is 7.99. The summed E-state index contributed by atoms with van der Waals surface area (Å²) in [5, 5.41) is 17.6. The Morgan fingerprint density at radius 3 is 2.43 bits per heavy atom. The number of ether oxygens (including phenoxy) is 1. The number of benzene rings is 3. The quantitative estimate of drug-likeness (QED) is 0.241. The predicted molar refractivity (Wildman–Crippen MR) is 131 cm³/mol. The minimum absolute atomic E-state index is 0.0515. The molecule has 9 heteroatoms. The Hall–Kier alpha value is -3.98. The fourth-order valence-corrected chi connectivity index (χ4v) is 4.35. The second-order valence-electron chi connectivity index (χ2n) is 7.86. The molecule has 7 nitrogen and oxygen atoms in total. The lowest BCUT2D eigenvalue weighted by Crippen LogP contribution is -2.07. The molecule has 5 rings (SSSR count). The van der Waals surface area contributed by atoms with Crippen molar-refractivity contribution in [2.75, 3.05) is 0 Å². The number of rotatable bonds is 8. The van der Waals surface area contributed by atoms with Gasteiger partial charge >= 0.3 is 0 Å². The van der Waals surface area contributed by atoms with Gasteiger partial charge in [0.1, 0.15) is 6.61 Å². The minimum atomic E-state index is -0.428. The van der Waals surface area contributed by atoms with E-state index in [4.69, 9.17) is 9.15 Å². The normalized spacial score (nSPS) is 12.0. The number of hydrogen-bond donors (Lipinski definition) is 0. The Kier molecular flexibility index (Phi) is 6.58. The summed E-state index contributed by atoms with van der Waals surface area (Å²) < 4.78 is 27.6. The molecule has 0 spiro atoms. The highest BCUT2D eigenvalue weighted by Crippen LogP contribution is 2.36. The Bertz CT molecular complexity index is 1420. The van der Waals surface area contributed by atoms with Crippen molar-refractivity contribution in [3.05, 3.63) is 102 Å². The van der Waals surface area contributed by atoms with Crippen LogP contribution in [0.1, 0.15) is 29.5 Å². The molecule has 0 saturated carbocycles. The summed E-state index contributed by atoms with van der Waals surface area (Å²) in [6.45, 7) is 4.05. The lowest BCUT2D eigenvalue weighted by atomic mass is 10.1. The van der Waals surface area contributed by atoms with Crippen molar-refractivity contribution in [2.45, 2.75) is 30.9 Å². The Morgan fingerprint density at radius 2 is 1.66 bits per heavy atom. The number of aryl methyl sites for hydroxylation is 1. The van der Waals surface area contributed by atoms with E-state index in [-0.39, 0.29) is 17.6 Å². The number of para-hydroxylation sites is 2. The average Bonchev–Trinajstić information content (AvgIpc) is 3.52. The molecule has 0 aliphatic carbocycles. The Morgan fingerprint density at radius 1 is 0.914 bits per heavy atom. The molecular weight excluding hydrogens is 465 g/mol. The number of halogens is 1. The maximum atomic E-state index is 14.0. The zero-order chi connectivity index (χ0) is 24.2. The first-order valence-electron chi connectivity index (χ1n) is 11.0. The van der Waals surface area contributed by atoms with Gasteiger partial charge in [-0.15, -0.1) is 20.4 Å². The molecule has 0 bridgehead atoms. The number of nitrogens with zero attached hydrogens (tertiary/aromatic N) is 5. The van der Waals surface area contributed by atoms with E-state index in [9.17, 15) is 4.39 Å². The van der Waals surface area contributed by atoms with Crippen LogP contribution in [0.5, 0.6) is 5.75 Å². The molecule has 0 aliphatic rings. The molecule has 0 amide bonds. The standard InChI is InChI=1S/C26H22FN5O2S/c1-17-12-14-19(15-13-17)25-30-29-24(34-25)18(2)35-26-31-28-23(32(26)20-8-4-3-5-9-20)16-33-22-11-7-6-10-21(22)27/h3-15,18H,16H2,1-2H3. The van der Waals surface area contributed by atoms with Crippen molar-refractivity contribution in [3.8, 4) is 22.9 Å². The smallest absolute Gasteiger partial charge is 0.247 e. The van der Waals surface area contributed by atoms with Crippen LogP contribution in [-0.2, 0) is 6.61 Å². The second kappa shape index (κ2) is 10.1. The topological polar surface area (TPSA) is 78.9 Å². The molecule has 35 heavy (non-hydrogen) atoms. The lowest BCUT2D eigenvalue weighted by Gasteiger charge is -2.12. The molecule has 5 aromatic rings. The van der Waals surface area contributed by atoms with Crippen LogP contribution in [0.3, 0.4) is 0 Å². The molecule has 0 aliphatic heterocycles. The first kappa shape index (κ1) is 22.8.